The molecule has 1 saturated heterocycles. The van der Waals surface area contributed by atoms with Crippen LogP contribution in [0, 0.1) is 11.6 Å². The van der Waals surface area contributed by atoms with Crippen LogP contribution in [0.5, 0.6) is 0 Å². The second-order valence-corrected chi connectivity index (χ2v) is 8.36. The lowest BCUT2D eigenvalue weighted by atomic mass is 9.94. The molecule has 0 radical (unpaired) electrons. The average molecular weight is 397 g/mol. The predicted octanol–water partition coefficient (Wildman–Crippen LogP) is 1.90. The van der Waals surface area contributed by atoms with Gasteiger partial charge in [-0.15, -0.1) is 12.4 Å². The summed E-state index contributed by atoms with van der Waals surface area (Å²) in [5.41, 5.74) is -0.231. The molecule has 1 aliphatic rings. The summed E-state index contributed by atoms with van der Waals surface area (Å²) < 4.78 is 50.9. The minimum atomic E-state index is -3.67. The van der Waals surface area contributed by atoms with Gasteiger partial charge in [-0.3, -0.25) is 4.79 Å². The maximum Gasteiger partial charge on any atom is 0.244 e. The smallest absolute Gasteiger partial charge is 0.244 e. The molecule has 5 nitrogen and oxygen atoms in total. The molecule has 0 saturated carbocycles. The third kappa shape index (κ3) is 4.30. The molecular weight excluding hydrogens is 374 g/mol. The van der Waals surface area contributed by atoms with Crippen molar-refractivity contribution >= 4 is 28.2 Å². The molecule has 1 aromatic rings. The molecular formula is C16H23ClF2N2O3S. The van der Waals surface area contributed by atoms with Crippen molar-refractivity contribution in [3.63, 3.8) is 0 Å². The lowest BCUT2D eigenvalue weighted by Gasteiger charge is -2.38. The Morgan fingerprint density at radius 1 is 1.24 bits per heavy atom. The van der Waals surface area contributed by atoms with Crippen LogP contribution in [-0.2, 0) is 21.2 Å². The summed E-state index contributed by atoms with van der Waals surface area (Å²) >= 11 is 0. The maximum absolute atomic E-state index is 13.9. The monoisotopic (exact) mass is 396 g/mol. The number of benzene rings is 1. The third-order valence-electron chi connectivity index (χ3n) is 4.59. The summed E-state index contributed by atoms with van der Waals surface area (Å²) in [4.78, 5) is 14.2. The number of amides is 1. The molecule has 0 aliphatic carbocycles. The molecule has 1 heterocycles. The number of carbonyl (C=O) groups excluding carboxylic acids is 1. The van der Waals surface area contributed by atoms with Crippen molar-refractivity contribution < 1.29 is 22.0 Å². The highest BCUT2D eigenvalue weighted by atomic mass is 35.5. The molecule has 142 valence electrons. The van der Waals surface area contributed by atoms with Gasteiger partial charge in [0.05, 0.1) is 6.54 Å². The summed E-state index contributed by atoms with van der Waals surface area (Å²) in [5.74, 6) is -2.09. The molecule has 0 unspecified atom stereocenters. The van der Waals surface area contributed by atoms with Crippen molar-refractivity contribution in [2.75, 3.05) is 25.9 Å². The first-order valence-corrected chi connectivity index (χ1v) is 9.74. The van der Waals surface area contributed by atoms with E-state index >= 15 is 0 Å². The van der Waals surface area contributed by atoms with E-state index in [0.29, 0.717) is 13.1 Å². The van der Waals surface area contributed by atoms with E-state index in [4.69, 9.17) is 0 Å². The molecule has 0 atom stereocenters. The zero-order valence-electron chi connectivity index (χ0n) is 14.2. The Morgan fingerprint density at radius 2 is 1.76 bits per heavy atom. The number of piperidine rings is 1. The van der Waals surface area contributed by atoms with Crippen LogP contribution in [0.1, 0.15) is 25.3 Å². The molecule has 1 fully saturated rings. The normalized spacial score (nSPS) is 16.8. The molecule has 0 bridgehead atoms. The highest BCUT2D eigenvalue weighted by Crippen LogP contribution is 2.31. The number of nitrogens with one attached hydrogen (secondary N) is 1. The van der Waals surface area contributed by atoms with Crippen LogP contribution in [0.25, 0.3) is 0 Å². The summed E-state index contributed by atoms with van der Waals surface area (Å²) in [6.45, 7) is 2.35. The minimum Gasteiger partial charge on any atom is -0.337 e. The SMILES string of the molecule is CCN(Cc1c(F)cccc1F)C(=O)C1(S(C)(=O)=O)CCNCC1.Cl. The van der Waals surface area contributed by atoms with Crippen LogP contribution < -0.4 is 5.32 Å². The Hall–Kier alpha value is -1.25. The largest absolute Gasteiger partial charge is 0.337 e. The average Bonchev–Trinajstić information content (AvgIpc) is 2.54. The standard InChI is InChI=1S/C16H22F2N2O3S.ClH/c1-3-20(11-12-13(17)5-4-6-14(12)18)15(21)16(24(2,22)23)7-9-19-10-8-16;/h4-6,19H,3,7-11H2,1-2H3;1H. The molecule has 0 spiro atoms. The minimum absolute atomic E-state index is 0. The number of carbonyl (C=O) groups is 1. The van der Waals surface area contributed by atoms with Crippen LogP contribution in [-0.4, -0.2) is 49.9 Å². The fourth-order valence-electron chi connectivity index (χ4n) is 3.06. The van der Waals surface area contributed by atoms with Gasteiger partial charge in [-0.1, -0.05) is 6.07 Å². The van der Waals surface area contributed by atoms with Crippen LogP contribution in [0.3, 0.4) is 0 Å². The van der Waals surface area contributed by atoms with Gasteiger partial charge in [0.2, 0.25) is 5.91 Å². The first kappa shape index (κ1) is 21.8. The van der Waals surface area contributed by atoms with Crippen molar-refractivity contribution in [3.05, 3.63) is 35.4 Å². The molecule has 1 aromatic carbocycles. The molecule has 2 rings (SSSR count). The van der Waals surface area contributed by atoms with Gasteiger partial charge in [-0.05, 0) is 45.0 Å². The van der Waals surface area contributed by atoms with E-state index in [0.717, 1.165) is 18.4 Å². The number of nitrogens with zero attached hydrogens (tertiary/aromatic N) is 1. The lowest BCUT2D eigenvalue weighted by molar-refractivity contribution is -0.135. The molecule has 1 N–H and O–H groups in total. The topological polar surface area (TPSA) is 66.5 Å². The van der Waals surface area contributed by atoms with Crippen molar-refractivity contribution in [1.29, 1.82) is 0 Å². The van der Waals surface area contributed by atoms with Crippen molar-refractivity contribution in [2.45, 2.75) is 31.1 Å². The Balaban J connectivity index is 0.00000312. The zero-order chi connectivity index (χ0) is 18.0. The van der Waals surface area contributed by atoms with E-state index in [1.54, 1.807) is 6.92 Å². The second-order valence-electron chi connectivity index (χ2n) is 6.04. The lowest BCUT2D eigenvalue weighted by Crippen LogP contribution is -2.58. The van der Waals surface area contributed by atoms with Gasteiger partial charge in [0.25, 0.3) is 0 Å². The van der Waals surface area contributed by atoms with Gasteiger partial charge in [0.1, 0.15) is 11.6 Å². The number of sulfone groups is 1. The third-order valence-corrected chi connectivity index (χ3v) is 6.59. The van der Waals surface area contributed by atoms with Crippen LogP contribution in [0.4, 0.5) is 8.78 Å². The van der Waals surface area contributed by atoms with Crippen LogP contribution in [0.2, 0.25) is 0 Å². The van der Waals surface area contributed by atoms with Crippen molar-refractivity contribution in [3.8, 4) is 0 Å². The summed E-state index contributed by atoms with van der Waals surface area (Å²) in [5, 5.41) is 3.04. The first-order valence-electron chi connectivity index (χ1n) is 7.85. The van der Waals surface area contributed by atoms with E-state index in [2.05, 4.69) is 5.32 Å². The van der Waals surface area contributed by atoms with Crippen molar-refractivity contribution in [2.24, 2.45) is 0 Å². The van der Waals surface area contributed by atoms with Gasteiger partial charge in [0.15, 0.2) is 14.6 Å². The van der Waals surface area contributed by atoms with Crippen LogP contribution >= 0.6 is 12.4 Å². The zero-order valence-corrected chi connectivity index (χ0v) is 15.9. The number of halogens is 3. The first-order chi connectivity index (χ1) is 11.2. The van der Waals surface area contributed by atoms with E-state index in [1.165, 1.54) is 11.0 Å². The Kier molecular flexibility index (Phi) is 7.34. The summed E-state index contributed by atoms with van der Waals surface area (Å²) in [6.07, 6.45) is 1.36. The van der Waals surface area contributed by atoms with E-state index in [9.17, 15) is 22.0 Å². The van der Waals surface area contributed by atoms with Crippen LogP contribution in [0.15, 0.2) is 18.2 Å². The van der Waals surface area contributed by atoms with Gasteiger partial charge in [0, 0.05) is 18.4 Å². The predicted molar refractivity (Wildman–Crippen MR) is 94.4 cm³/mol. The molecule has 9 heteroatoms. The fraction of sp³-hybridized carbons (Fsp3) is 0.562. The van der Waals surface area contributed by atoms with E-state index in [1.807, 2.05) is 0 Å². The van der Waals surface area contributed by atoms with Crippen molar-refractivity contribution in [1.82, 2.24) is 10.2 Å². The highest BCUT2D eigenvalue weighted by molar-refractivity contribution is 7.92. The summed E-state index contributed by atoms with van der Waals surface area (Å²) in [6, 6.07) is 3.48. The second kappa shape index (κ2) is 8.42. The fourth-order valence-corrected chi connectivity index (χ4v) is 4.46. The van der Waals surface area contributed by atoms with Gasteiger partial charge in [-0.25, -0.2) is 17.2 Å². The molecule has 1 amide bonds. The van der Waals surface area contributed by atoms with E-state index in [-0.39, 0.29) is 43.9 Å². The van der Waals surface area contributed by atoms with E-state index < -0.39 is 32.1 Å². The number of hydrogen-bond acceptors (Lipinski definition) is 4. The number of rotatable bonds is 5. The van der Waals surface area contributed by atoms with Gasteiger partial charge >= 0.3 is 0 Å². The van der Waals surface area contributed by atoms with Gasteiger partial charge in [-0.2, -0.15) is 0 Å². The molecule has 0 aromatic heterocycles. The Labute approximate surface area is 153 Å². The maximum atomic E-state index is 13.9. The molecule has 25 heavy (non-hydrogen) atoms. The summed E-state index contributed by atoms with van der Waals surface area (Å²) in [7, 11) is -3.67. The Bertz CT molecular complexity index is 702. The van der Waals surface area contributed by atoms with Gasteiger partial charge < -0.3 is 10.2 Å². The quantitative estimate of drug-likeness (QED) is 0.825. The number of hydrogen-bond donors (Lipinski definition) is 1. The Morgan fingerprint density at radius 3 is 2.20 bits per heavy atom. The molecule has 1 aliphatic heterocycles. The highest BCUT2D eigenvalue weighted by Gasteiger charge is 2.50.